The first-order chi connectivity index (χ1) is 24.0. The van der Waals surface area contributed by atoms with Crippen molar-refractivity contribution < 1.29 is 46.7 Å². The second kappa shape index (κ2) is 44.0. The van der Waals surface area contributed by atoms with E-state index in [0.717, 1.165) is 19.3 Å². The number of hydrogen-bond donors (Lipinski definition) is 0. The summed E-state index contributed by atoms with van der Waals surface area (Å²) in [5, 5.41) is 0. The van der Waals surface area contributed by atoms with Crippen LogP contribution in [0.2, 0.25) is 0 Å². The van der Waals surface area contributed by atoms with Gasteiger partial charge in [0.25, 0.3) is 0 Å². The van der Waals surface area contributed by atoms with E-state index < -0.39 is 10.4 Å². The van der Waals surface area contributed by atoms with Crippen molar-refractivity contribution in [3.05, 3.63) is 12.2 Å². The predicted octanol–water partition coefficient (Wildman–Crippen LogP) is 12.5. The van der Waals surface area contributed by atoms with Gasteiger partial charge >= 0.3 is 29.6 Å². The van der Waals surface area contributed by atoms with E-state index >= 15 is 0 Å². The summed E-state index contributed by atoms with van der Waals surface area (Å²) in [7, 11) is -4.63. The Morgan fingerprint density at radius 1 is 0.440 bits per heavy atom. The normalized spacial score (nSPS) is 12.5. The molecule has 0 spiro atoms. The van der Waals surface area contributed by atoms with Crippen LogP contribution in [0.4, 0.5) is 0 Å². The van der Waals surface area contributed by atoms with E-state index in [2.05, 4.69) is 30.2 Å². The molecule has 0 saturated carbocycles. The van der Waals surface area contributed by atoms with Gasteiger partial charge in [0, 0.05) is 5.92 Å². The number of allylic oxidation sites excluding steroid dienone is 1. The predicted molar refractivity (Wildman–Crippen MR) is 215 cm³/mol. The zero-order valence-corrected chi connectivity index (χ0v) is 37.2. The molecule has 50 heavy (non-hydrogen) atoms. The van der Waals surface area contributed by atoms with Crippen molar-refractivity contribution in [2.75, 3.05) is 6.61 Å². The molecule has 0 aromatic carbocycles. The van der Waals surface area contributed by atoms with Crippen LogP contribution >= 0.6 is 0 Å². The van der Waals surface area contributed by atoms with Gasteiger partial charge in [-0.3, -0.25) is 4.18 Å². The SMILES string of the molecule is CCCCCCCCCCCCCCCCCCCC/C=C/C(CCCCCCCCCCCCCCCCCCCC)COS(=O)(=O)[O-].[Na+]. The fraction of sp³-hybridized carbons (Fsp3) is 0.955. The average Bonchev–Trinajstić information content (AvgIpc) is 3.08. The zero-order chi connectivity index (χ0) is 35.8. The van der Waals surface area contributed by atoms with Crippen LogP contribution in [0, 0.1) is 5.92 Å². The third kappa shape index (κ3) is 46.6. The van der Waals surface area contributed by atoms with E-state index in [9.17, 15) is 13.0 Å². The Labute approximate surface area is 337 Å². The van der Waals surface area contributed by atoms with E-state index in [4.69, 9.17) is 0 Å². The quantitative estimate of drug-likeness (QED) is 0.0206. The van der Waals surface area contributed by atoms with Crippen molar-refractivity contribution >= 4 is 10.4 Å². The molecule has 0 saturated heterocycles. The van der Waals surface area contributed by atoms with E-state index in [-0.39, 0.29) is 42.1 Å². The molecule has 294 valence electrons. The minimum absolute atomic E-state index is 0. The Morgan fingerprint density at radius 2 is 0.700 bits per heavy atom. The van der Waals surface area contributed by atoms with Crippen molar-refractivity contribution in [2.24, 2.45) is 5.92 Å². The number of hydrogen-bond acceptors (Lipinski definition) is 4. The third-order valence-electron chi connectivity index (χ3n) is 10.5. The fourth-order valence-electron chi connectivity index (χ4n) is 7.17. The van der Waals surface area contributed by atoms with Crippen molar-refractivity contribution in [1.82, 2.24) is 0 Å². The number of unbranched alkanes of at least 4 members (excludes halogenated alkanes) is 35. The Hall–Kier alpha value is 0.610. The van der Waals surface area contributed by atoms with Crippen molar-refractivity contribution in [2.45, 2.75) is 258 Å². The van der Waals surface area contributed by atoms with Crippen molar-refractivity contribution in [1.29, 1.82) is 0 Å². The van der Waals surface area contributed by atoms with Gasteiger partial charge in [-0.2, -0.15) is 0 Å². The van der Waals surface area contributed by atoms with Gasteiger partial charge < -0.3 is 4.55 Å². The maximum Gasteiger partial charge on any atom is 1.00 e. The van der Waals surface area contributed by atoms with Gasteiger partial charge in [-0.25, -0.2) is 8.42 Å². The van der Waals surface area contributed by atoms with Gasteiger partial charge in [-0.05, 0) is 19.3 Å². The minimum Gasteiger partial charge on any atom is -0.726 e. The summed E-state index contributed by atoms with van der Waals surface area (Å²) < 4.78 is 37.7. The molecule has 0 aromatic heterocycles. The maximum atomic E-state index is 11.0. The fourth-order valence-corrected chi connectivity index (χ4v) is 7.51. The average molecular weight is 735 g/mol. The summed E-state index contributed by atoms with van der Waals surface area (Å²) in [6.07, 6.45) is 55.6. The van der Waals surface area contributed by atoms with Gasteiger partial charge in [0.2, 0.25) is 10.4 Å². The Balaban J connectivity index is 0. The first kappa shape index (κ1) is 52.7. The van der Waals surface area contributed by atoms with Gasteiger partial charge in [0.15, 0.2) is 0 Å². The molecule has 0 rings (SSSR count). The molecular formula is C44H87NaO4S. The van der Waals surface area contributed by atoms with Gasteiger partial charge in [0.1, 0.15) is 0 Å². The molecule has 0 heterocycles. The molecule has 4 nitrogen and oxygen atoms in total. The minimum atomic E-state index is -4.63. The molecule has 0 aliphatic heterocycles. The van der Waals surface area contributed by atoms with Crippen LogP contribution in [0.3, 0.4) is 0 Å². The molecule has 0 amide bonds. The van der Waals surface area contributed by atoms with Crippen LogP contribution in [-0.4, -0.2) is 19.6 Å². The van der Waals surface area contributed by atoms with Crippen LogP contribution < -0.4 is 29.6 Å². The molecule has 0 aliphatic carbocycles. The molecular weight excluding hydrogens is 648 g/mol. The second-order valence-electron chi connectivity index (χ2n) is 15.5. The first-order valence-electron chi connectivity index (χ1n) is 22.3. The molecule has 0 fully saturated rings. The van der Waals surface area contributed by atoms with Gasteiger partial charge in [-0.1, -0.05) is 251 Å². The Bertz CT molecular complexity index is 757. The van der Waals surface area contributed by atoms with Crippen LogP contribution in [-0.2, 0) is 14.6 Å². The van der Waals surface area contributed by atoms with Crippen molar-refractivity contribution in [3.8, 4) is 0 Å². The summed E-state index contributed by atoms with van der Waals surface area (Å²) in [5.74, 6) is 0.0142. The summed E-state index contributed by atoms with van der Waals surface area (Å²) in [5.41, 5.74) is 0. The summed E-state index contributed by atoms with van der Waals surface area (Å²) in [6, 6.07) is 0. The molecule has 0 radical (unpaired) electrons. The smallest absolute Gasteiger partial charge is 0.726 e. The van der Waals surface area contributed by atoms with Crippen LogP contribution in [0.25, 0.3) is 0 Å². The molecule has 6 heteroatoms. The van der Waals surface area contributed by atoms with Crippen LogP contribution in [0.1, 0.15) is 258 Å². The van der Waals surface area contributed by atoms with Crippen LogP contribution in [0.5, 0.6) is 0 Å². The van der Waals surface area contributed by atoms with E-state index in [1.54, 1.807) is 0 Å². The Morgan fingerprint density at radius 3 is 0.980 bits per heavy atom. The van der Waals surface area contributed by atoms with Crippen molar-refractivity contribution in [3.63, 3.8) is 0 Å². The molecule has 0 aliphatic rings. The summed E-state index contributed by atoms with van der Waals surface area (Å²) in [6.45, 7) is 4.56. The molecule has 1 atom stereocenters. The largest absolute Gasteiger partial charge is 1.00 e. The monoisotopic (exact) mass is 735 g/mol. The molecule has 0 N–H and O–H groups in total. The third-order valence-corrected chi connectivity index (χ3v) is 10.9. The van der Waals surface area contributed by atoms with E-state index in [1.165, 1.54) is 225 Å². The standard InChI is InChI=1S/C44H88O4S.Na/c1-3-5-7-9-11-13-15-17-19-21-23-24-26-28-30-32-34-36-38-40-42-44(43-48-49(45,46)47)41-39-37-35-33-31-29-27-25-22-20-18-16-14-12-10-8-6-4-2;/h40,42,44H,3-39,41,43H2,1-2H3,(H,45,46,47);/q;+1/p-1/b42-40+;. The second-order valence-corrected chi connectivity index (χ2v) is 16.5. The number of rotatable bonds is 42. The zero-order valence-electron chi connectivity index (χ0n) is 34.4. The first-order valence-corrected chi connectivity index (χ1v) is 23.6. The maximum absolute atomic E-state index is 11.0. The molecule has 0 bridgehead atoms. The van der Waals surface area contributed by atoms with E-state index in [1.807, 2.05) is 0 Å². The van der Waals surface area contributed by atoms with Crippen LogP contribution in [0.15, 0.2) is 12.2 Å². The van der Waals surface area contributed by atoms with E-state index in [0.29, 0.717) is 0 Å². The molecule has 0 aromatic rings. The van der Waals surface area contributed by atoms with Gasteiger partial charge in [-0.15, -0.1) is 0 Å². The van der Waals surface area contributed by atoms with Gasteiger partial charge in [0.05, 0.1) is 6.61 Å². The summed E-state index contributed by atoms with van der Waals surface area (Å²) >= 11 is 0. The summed E-state index contributed by atoms with van der Waals surface area (Å²) in [4.78, 5) is 0. The molecule has 1 unspecified atom stereocenters. The Kier molecular flexibility index (Phi) is 46.4. The topological polar surface area (TPSA) is 66.4 Å².